The molecule has 0 saturated carbocycles. The van der Waals surface area contributed by atoms with Crippen LogP contribution >= 0.6 is 0 Å². The van der Waals surface area contributed by atoms with Crippen LogP contribution in [0.5, 0.6) is 0 Å². The molecule has 362 valence electrons. The number of hydrogen-bond donors (Lipinski definition) is 0. The van der Waals surface area contributed by atoms with Gasteiger partial charge in [0, 0.05) is 19.3 Å². The Hall–Kier alpha value is -1.59. The number of esters is 3. The lowest BCUT2D eigenvalue weighted by Crippen LogP contribution is -2.30. The maximum absolute atomic E-state index is 12.8. The third-order valence-electron chi connectivity index (χ3n) is 12.9. The van der Waals surface area contributed by atoms with Crippen LogP contribution in [-0.2, 0) is 28.6 Å². The highest BCUT2D eigenvalue weighted by molar-refractivity contribution is 5.71. The summed E-state index contributed by atoms with van der Waals surface area (Å²) in [4.78, 5) is 38.0. The largest absolute Gasteiger partial charge is 0.462 e. The zero-order chi connectivity index (χ0) is 44.5. The fourth-order valence-corrected chi connectivity index (χ4v) is 8.36. The molecule has 0 fully saturated rings. The van der Waals surface area contributed by atoms with Crippen LogP contribution in [0.4, 0.5) is 0 Å². The van der Waals surface area contributed by atoms with E-state index in [4.69, 9.17) is 14.2 Å². The number of rotatable bonds is 50. The van der Waals surface area contributed by atoms with E-state index in [1.165, 1.54) is 205 Å². The molecule has 6 heteroatoms. The van der Waals surface area contributed by atoms with Crippen molar-refractivity contribution in [2.75, 3.05) is 13.2 Å². The van der Waals surface area contributed by atoms with Gasteiger partial charge in [-0.3, -0.25) is 14.4 Å². The van der Waals surface area contributed by atoms with Crippen molar-refractivity contribution in [3.8, 4) is 0 Å². The molecule has 0 aliphatic heterocycles. The Bertz CT molecular complexity index is 920. The van der Waals surface area contributed by atoms with Crippen LogP contribution in [0.1, 0.15) is 310 Å². The van der Waals surface area contributed by atoms with E-state index in [0.717, 1.165) is 63.7 Å². The van der Waals surface area contributed by atoms with Crippen LogP contribution in [-0.4, -0.2) is 37.2 Å². The second kappa shape index (κ2) is 49.4. The van der Waals surface area contributed by atoms with Gasteiger partial charge < -0.3 is 14.2 Å². The van der Waals surface area contributed by atoms with Gasteiger partial charge in [0.15, 0.2) is 6.10 Å². The van der Waals surface area contributed by atoms with Gasteiger partial charge in [0.05, 0.1) is 0 Å². The molecule has 0 amide bonds. The summed E-state index contributed by atoms with van der Waals surface area (Å²) < 4.78 is 16.8. The quantitative estimate of drug-likeness (QED) is 0.0344. The molecule has 0 rings (SSSR count). The minimum absolute atomic E-state index is 0.0624. The molecular weight excluding hydrogens is 757 g/mol. The summed E-state index contributed by atoms with van der Waals surface area (Å²) in [5.41, 5.74) is 0. The van der Waals surface area contributed by atoms with E-state index < -0.39 is 6.10 Å². The van der Waals surface area contributed by atoms with Crippen molar-refractivity contribution in [3.05, 3.63) is 0 Å². The van der Waals surface area contributed by atoms with Crippen LogP contribution < -0.4 is 0 Å². The van der Waals surface area contributed by atoms with Gasteiger partial charge in [0.25, 0.3) is 0 Å². The second-order valence-electron chi connectivity index (χ2n) is 19.1. The number of hydrogen-bond acceptors (Lipinski definition) is 6. The molecule has 0 aromatic rings. The zero-order valence-electron chi connectivity index (χ0n) is 41.6. The predicted octanol–water partition coefficient (Wildman–Crippen LogP) is 17.8. The lowest BCUT2D eigenvalue weighted by Gasteiger charge is -2.18. The Balaban J connectivity index is 4.28. The molecular formula is C55H106O6. The summed E-state index contributed by atoms with van der Waals surface area (Å²) in [6.07, 6.45) is 52.2. The van der Waals surface area contributed by atoms with Gasteiger partial charge in [0.2, 0.25) is 0 Å². The molecule has 0 radical (unpaired) electrons. The molecule has 0 aliphatic rings. The smallest absolute Gasteiger partial charge is 0.306 e. The van der Waals surface area contributed by atoms with Crippen molar-refractivity contribution in [2.24, 2.45) is 5.92 Å². The average molecular weight is 863 g/mol. The summed E-state index contributed by atoms with van der Waals surface area (Å²) in [5, 5.41) is 0. The van der Waals surface area contributed by atoms with Gasteiger partial charge in [0.1, 0.15) is 13.2 Å². The van der Waals surface area contributed by atoms with Gasteiger partial charge in [-0.15, -0.1) is 0 Å². The lowest BCUT2D eigenvalue weighted by atomic mass is 9.99. The van der Waals surface area contributed by atoms with Crippen LogP contribution in [0.2, 0.25) is 0 Å². The molecule has 0 heterocycles. The molecule has 0 bridgehead atoms. The molecule has 0 aromatic heterocycles. The predicted molar refractivity (Wildman–Crippen MR) is 261 cm³/mol. The van der Waals surface area contributed by atoms with Gasteiger partial charge in [-0.2, -0.15) is 0 Å². The normalized spacial score (nSPS) is 12.4. The van der Waals surface area contributed by atoms with E-state index in [9.17, 15) is 14.4 Å². The Morgan fingerprint density at radius 3 is 0.852 bits per heavy atom. The number of carbonyl (C=O) groups excluding carboxylic acids is 3. The van der Waals surface area contributed by atoms with E-state index in [-0.39, 0.29) is 31.1 Å². The third kappa shape index (κ3) is 47.7. The summed E-state index contributed by atoms with van der Waals surface area (Å²) in [7, 11) is 0. The monoisotopic (exact) mass is 863 g/mol. The minimum Gasteiger partial charge on any atom is -0.462 e. The van der Waals surface area contributed by atoms with Gasteiger partial charge in [-0.25, -0.2) is 0 Å². The van der Waals surface area contributed by atoms with Crippen molar-refractivity contribution in [2.45, 2.75) is 316 Å². The van der Waals surface area contributed by atoms with Crippen LogP contribution in [0.25, 0.3) is 0 Å². The summed E-state index contributed by atoms with van der Waals surface area (Å²) in [5.74, 6) is 0.0291. The Labute approximate surface area is 380 Å². The Morgan fingerprint density at radius 1 is 0.328 bits per heavy atom. The van der Waals surface area contributed by atoms with Gasteiger partial charge in [-0.05, 0) is 25.2 Å². The molecule has 0 aromatic carbocycles. The van der Waals surface area contributed by atoms with Gasteiger partial charge >= 0.3 is 17.9 Å². The topological polar surface area (TPSA) is 78.9 Å². The molecule has 0 spiro atoms. The highest BCUT2D eigenvalue weighted by atomic mass is 16.6. The maximum atomic E-state index is 12.8. The summed E-state index contributed by atoms with van der Waals surface area (Å²) in [6, 6.07) is 0. The molecule has 2 atom stereocenters. The van der Waals surface area contributed by atoms with Crippen molar-refractivity contribution in [1.29, 1.82) is 0 Å². The Kier molecular flexibility index (Phi) is 48.1. The van der Waals surface area contributed by atoms with Crippen molar-refractivity contribution < 1.29 is 28.6 Å². The highest BCUT2D eigenvalue weighted by Crippen LogP contribution is 2.18. The standard InChI is InChI=1S/C55H106O6/c1-5-8-10-12-14-16-18-20-21-22-23-24-26-30-34-38-42-46-53(56)59-49-52(61-55(58)48-44-40-36-32-25-19-17-15-13-11-9-6-2)50-60-54(57)47-43-39-35-31-28-27-29-33-37-41-45-51(4)7-3/h51-52H,5-50H2,1-4H3/t51?,52-/m0/s1. The number of carbonyl (C=O) groups is 3. The van der Waals surface area contributed by atoms with E-state index in [0.29, 0.717) is 19.3 Å². The average Bonchev–Trinajstić information content (AvgIpc) is 3.26. The van der Waals surface area contributed by atoms with E-state index in [2.05, 4.69) is 27.7 Å². The van der Waals surface area contributed by atoms with Crippen molar-refractivity contribution >= 4 is 17.9 Å². The fourth-order valence-electron chi connectivity index (χ4n) is 8.36. The highest BCUT2D eigenvalue weighted by Gasteiger charge is 2.19. The third-order valence-corrected chi connectivity index (χ3v) is 12.9. The Morgan fingerprint density at radius 2 is 0.574 bits per heavy atom. The number of unbranched alkanes of at least 4 members (excludes halogenated alkanes) is 36. The SMILES string of the molecule is CCCCCCCCCCCCCCCCCCCC(=O)OC[C@@H](COC(=O)CCCCCCCCCCCCC(C)CC)OC(=O)CCCCCCCCCCCCCC. The molecule has 1 unspecified atom stereocenters. The summed E-state index contributed by atoms with van der Waals surface area (Å²) >= 11 is 0. The molecule has 0 saturated heterocycles. The maximum Gasteiger partial charge on any atom is 0.306 e. The first kappa shape index (κ1) is 59.4. The van der Waals surface area contributed by atoms with Gasteiger partial charge in [-0.1, -0.05) is 272 Å². The fraction of sp³-hybridized carbons (Fsp3) is 0.945. The van der Waals surface area contributed by atoms with E-state index >= 15 is 0 Å². The van der Waals surface area contributed by atoms with Crippen molar-refractivity contribution in [3.63, 3.8) is 0 Å². The summed E-state index contributed by atoms with van der Waals surface area (Å²) in [6.45, 7) is 9.06. The van der Waals surface area contributed by atoms with Crippen molar-refractivity contribution in [1.82, 2.24) is 0 Å². The minimum atomic E-state index is -0.761. The molecule has 0 N–H and O–H groups in total. The molecule has 61 heavy (non-hydrogen) atoms. The lowest BCUT2D eigenvalue weighted by molar-refractivity contribution is -0.167. The van der Waals surface area contributed by atoms with Crippen LogP contribution in [0.3, 0.4) is 0 Å². The van der Waals surface area contributed by atoms with Crippen LogP contribution in [0, 0.1) is 5.92 Å². The second-order valence-corrected chi connectivity index (χ2v) is 19.1. The van der Waals surface area contributed by atoms with E-state index in [1.54, 1.807) is 0 Å². The van der Waals surface area contributed by atoms with Crippen LogP contribution in [0.15, 0.2) is 0 Å². The first-order valence-corrected chi connectivity index (χ1v) is 27.4. The zero-order valence-corrected chi connectivity index (χ0v) is 41.6. The molecule has 0 aliphatic carbocycles. The first-order chi connectivity index (χ1) is 29.9. The number of ether oxygens (including phenoxy) is 3. The van der Waals surface area contributed by atoms with E-state index in [1.807, 2.05) is 0 Å². The molecule has 6 nitrogen and oxygen atoms in total. The first-order valence-electron chi connectivity index (χ1n) is 27.4.